The molecule has 2 aliphatic rings. The van der Waals surface area contributed by atoms with Crippen molar-refractivity contribution in [3.8, 4) is 0 Å². The third kappa shape index (κ3) is 1.89. The molecule has 4 heteroatoms. The van der Waals surface area contributed by atoms with Crippen molar-refractivity contribution in [3.05, 3.63) is 27.9 Å². The Kier molecular flexibility index (Phi) is 2.52. The smallest absolute Gasteiger partial charge is 0.254 e. The zero-order valence-electron chi connectivity index (χ0n) is 9.33. The quantitative estimate of drug-likeness (QED) is 0.783. The van der Waals surface area contributed by atoms with E-state index in [0.29, 0.717) is 11.8 Å². The number of hydrogen-bond acceptors (Lipinski definition) is 3. The van der Waals surface area contributed by atoms with E-state index < -0.39 is 0 Å². The van der Waals surface area contributed by atoms with Gasteiger partial charge < -0.3 is 10.3 Å². The summed E-state index contributed by atoms with van der Waals surface area (Å²) < 4.78 is 0. The molecule has 3 rings (SSSR count). The predicted molar refractivity (Wildman–Crippen MR) is 61.7 cm³/mol. The van der Waals surface area contributed by atoms with Gasteiger partial charge in [-0.05, 0) is 44.7 Å². The summed E-state index contributed by atoms with van der Waals surface area (Å²) in [4.78, 5) is 19.3. The van der Waals surface area contributed by atoms with Crippen LogP contribution in [0.4, 0.5) is 0 Å². The van der Waals surface area contributed by atoms with Crippen LogP contribution in [-0.4, -0.2) is 23.1 Å². The highest BCUT2D eigenvalue weighted by atomic mass is 16.1. The molecule has 0 atom stereocenters. The van der Waals surface area contributed by atoms with Gasteiger partial charge in [-0.15, -0.1) is 0 Å². The first kappa shape index (κ1) is 10.0. The Morgan fingerprint density at radius 2 is 1.88 bits per heavy atom. The van der Waals surface area contributed by atoms with E-state index in [1.807, 2.05) is 0 Å². The minimum absolute atomic E-state index is 0.0889. The van der Waals surface area contributed by atoms with Crippen LogP contribution in [0.5, 0.6) is 0 Å². The molecule has 86 valence electrons. The summed E-state index contributed by atoms with van der Waals surface area (Å²) in [7, 11) is 0. The number of nitrogens with zero attached hydrogens (tertiary/aromatic N) is 1. The summed E-state index contributed by atoms with van der Waals surface area (Å²) >= 11 is 0. The third-order valence-corrected chi connectivity index (χ3v) is 3.59. The van der Waals surface area contributed by atoms with Crippen LogP contribution >= 0.6 is 0 Å². The Morgan fingerprint density at radius 3 is 2.50 bits per heavy atom. The number of rotatable bonds is 2. The van der Waals surface area contributed by atoms with E-state index in [4.69, 9.17) is 0 Å². The van der Waals surface area contributed by atoms with E-state index in [1.165, 1.54) is 0 Å². The first-order valence-corrected chi connectivity index (χ1v) is 6.14. The molecule has 1 aliphatic carbocycles. The highest BCUT2D eigenvalue weighted by molar-refractivity contribution is 5.18. The van der Waals surface area contributed by atoms with Crippen LogP contribution in [0.1, 0.15) is 48.9 Å². The molecular formula is C12H17N3O. The molecule has 1 aromatic heterocycles. The maximum atomic E-state index is 11.9. The third-order valence-electron chi connectivity index (χ3n) is 3.59. The van der Waals surface area contributed by atoms with Crippen LogP contribution in [0.25, 0.3) is 0 Å². The van der Waals surface area contributed by atoms with Gasteiger partial charge in [0.15, 0.2) is 0 Å². The normalized spacial score (nSPS) is 22.2. The number of piperidine rings is 1. The van der Waals surface area contributed by atoms with Crippen molar-refractivity contribution in [3.63, 3.8) is 0 Å². The highest BCUT2D eigenvalue weighted by Crippen LogP contribution is 2.38. The topological polar surface area (TPSA) is 57.8 Å². The second kappa shape index (κ2) is 4.01. The predicted octanol–water partition coefficient (Wildman–Crippen LogP) is 1.11. The van der Waals surface area contributed by atoms with Gasteiger partial charge in [-0.3, -0.25) is 4.79 Å². The summed E-state index contributed by atoms with van der Waals surface area (Å²) in [6.45, 7) is 2.05. The largest absolute Gasteiger partial charge is 0.317 e. The second-order valence-electron chi connectivity index (χ2n) is 4.85. The molecule has 1 aliphatic heterocycles. The van der Waals surface area contributed by atoms with Gasteiger partial charge in [0, 0.05) is 17.7 Å². The molecule has 0 radical (unpaired) electrons. The van der Waals surface area contributed by atoms with Crippen LogP contribution < -0.4 is 10.9 Å². The molecule has 0 bridgehead atoms. The fourth-order valence-electron chi connectivity index (χ4n) is 2.41. The van der Waals surface area contributed by atoms with E-state index in [1.54, 1.807) is 6.20 Å². The Balaban J connectivity index is 1.84. The van der Waals surface area contributed by atoms with Gasteiger partial charge in [0.2, 0.25) is 0 Å². The molecule has 2 fully saturated rings. The summed E-state index contributed by atoms with van der Waals surface area (Å²) in [5, 5.41) is 3.32. The lowest BCUT2D eigenvalue weighted by Crippen LogP contribution is -2.29. The molecule has 0 unspecified atom stereocenters. The number of nitrogens with one attached hydrogen (secondary N) is 2. The van der Waals surface area contributed by atoms with Crippen molar-refractivity contribution in [2.24, 2.45) is 0 Å². The van der Waals surface area contributed by atoms with Crippen molar-refractivity contribution >= 4 is 0 Å². The summed E-state index contributed by atoms with van der Waals surface area (Å²) in [5.41, 5.74) is 0.976. The van der Waals surface area contributed by atoms with Crippen LogP contribution in [0.15, 0.2) is 11.0 Å². The van der Waals surface area contributed by atoms with Crippen LogP contribution in [-0.2, 0) is 0 Å². The van der Waals surface area contributed by atoms with Crippen molar-refractivity contribution in [2.75, 3.05) is 13.1 Å². The average Bonchev–Trinajstić information content (AvgIpc) is 3.14. The molecule has 0 amide bonds. The minimum atomic E-state index is 0.0889. The van der Waals surface area contributed by atoms with E-state index >= 15 is 0 Å². The van der Waals surface area contributed by atoms with Gasteiger partial charge in [-0.25, -0.2) is 4.98 Å². The molecule has 2 N–H and O–H groups in total. The number of aromatic amines is 1. The van der Waals surface area contributed by atoms with E-state index in [0.717, 1.165) is 50.2 Å². The van der Waals surface area contributed by atoms with Gasteiger partial charge in [-0.1, -0.05) is 0 Å². The molecule has 0 aromatic carbocycles. The van der Waals surface area contributed by atoms with Crippen molar-refractivity contribution in [2.45, 2.75) is 37.5 Å². The Labute approximate surface area is 94.5 Å². The molecule has 1 saturated carbocycles. The van der Waals surface area contributed by atoms with Gasteiger partial charge in [0.25, 0.3) is 5.56 Å². The average molecular weight is 219 g/mol. The second-order valence-corrected chi connectivity index (χ2v) is 4.85. The molecule has 1 aromatic rings. The maximum absolute atomic E-state index is 11.9. The van der Waals surface area contributed by atoms with Gasteiger partial charge in [-0.2, -0.15) is 0 Å². The molecule has 2 heterocycles. The fourth-order valence-corrected chi connectivity index (χ4v) is 2.41. The number of H-pyrrole nitrogens is 1. The van der Waals surface area contributed by atoms with E-state index in [9.17, 15) is 4.79 Å². The SMILES string of the molecule is O=c1[nH]c(C2CCNCC2)ncc1C1CC1. The van der Waals surface area contributed by atoms with Crippen molar-refractivity contribution in [1.82, 2.24) is 15.3 Å². The number of aromatic nitrogens is 2. The lowest BCUT2D eigenvalue weighted by Gasteiger charge is -2.21. The van der Waals surface area contributed by atoms with Crippen LogP contribution in [0.2, 0.25) is 0 Å². The Bertz CT molecular complexity index is 430. The lowest BCUT2D eigenvalue weighted by atomic mass is 9.97. The van der Waals surface area contributed by atoms with Crippen LogP contribution in [0.3, 0.4) is 0 Å². The maximum Gasteiger partial charge on any atom is 0.254 e. The minimum Gasteiger partial charge on any atom is -0.317 e. The van der Waals surface area contributed by atoms with Crippen LogP contribution in [0, 0.1) is 0 Å². The Hall–Kier alpha value is -1.16. The standard InChI is InChI=1S/C12H17N3O/c16-12-10(8-1-2-8)7-14-11(15-12)9-3-5-13-6-4-9/h7-9,13H,1-6H2,(H,14,15,16). The number of hydrogen-bond donors (Lipinski definition) is 2. The van der Waals surface area contributed by atoms with Crippen molar-refractivity contribution < 1.29 is 0 Å². The van der Waals surface area contributed by atoms with Gasteiger partial charge in [0.1, 0.15) is 5.82 Å². The molecule has 0 spiro atoms. The first-order valence-electron chi connectivity index (χ1n) is 6.14. The Morgan fingerprint density at radius 1 is 1.12 bits per heavy atom. The zero-order chi connectivity index (χ0) is 11.0. The zero-order valence-corrected chi connectivity index (χ0v) is 9.33. The molecule has 1 saturated heterocycles. The van der Waals surface area contributed by atoms with Crippen molar-refractivity contribution in [1.29, 1.82) is 0 Å². The highest BCUT2D eigenvalue weighted by Gasteiger charge is 2.27. The van der Waals surface area contributed by atoms with E-state index in [-0.39, 0.29) is 5.56 Å². The van der Waals surface area contributed by atoms with E-state index in [2.05, 4.69) is 15.3 Å². The summed E-state index contributed by atoms with van der Waals surface area (Å²) in [6, 6.07) is 0. The molecular weight excluding hydrogens is 202 g/mol. The van der Waals surface area contributed by atoms with Gasteiger partial charge in [0.05, 0.1) is 0 Å². The first-order chi connectivity index (χ1) is 7.84. The summed E-state index contributed by atoms with van der Waals surface area (Å²) in [5.74, 6) is 1.80. The molecule has 16 heavy (non-hydrogen) atoms. The lowest BCUT2D eigenvalue weighted by molar-refractivity contribution is 0.443. The van der Waals surface area contributed by atoms with Gasteiger partial charge >= 0.3 is 0 Å². The monoisotopic (exact) mass is 219 g/mol. The fraction of sp³-hybridized carbons (Fsp3) is 0.667. The summed E-state index contributed by atoms with van der Waals surface area (Å²) in [6.07, 6.45) is 6.25. The molecule has 4 nitrogen and oxygen atoms in total.